The first kappa shape index (κ1) is 22.2. The summed E-state index contributed by atoms with van der Waals surface area (Å²) in [6.45, 7) is 3.03. The van der Waals surface area contributed by atoms with E-state index in [1.54, 1.807) is 0 Å². The molecule has 0 bridgehead atoms. The van der Waals surface area contributed by atoms with Crippen molar-refractivity contribution in [1.82, 2.24) is 18.5 Å². The lowest BCUT2D eigenvalue weighted by molar-refractivity contribution is 0.0589. The van der Waals surface area contributed by atoms with E-state index < -0.39 is 0 Å². The van der Waals surface area contributed by atoms with E-state index in [-0.39, 0.29) is 11.9 Å². The van der Waals surface area contributed by atoms with Crippen molar-refractivity contribution in [3.05, 3.63) is 82.0 Å². The molecule has 1 aliphatic rings. The van der Waals surface area contributed by atoms with Crippen molar-refractivity contribution < 1.29 is 4.79 Å². The van der Waals surface area contributed by atoms with Gasteiger partial charge < -0.3 is 4.90 Å². The van der Waals surface area contributed by atoms with E-state index in [0.29, 0.717) is 5.92 Å². The van der Waals surface area contributed by atoms with Crippen LogP contribution in [-0.4, -0.2) is 50.6 Å². The third-order valence-electron chi connectivity index (χ3n) is 6.74. The molecule has 0 saturated carbocycles. The number of nitrogens with zero attached hydrogens (tertiary/aromatic N) is 4. The molecule has 170 valence electrons. The van der Waals surface area contributed by atoms with Crippen LogP contribution in [0.25, 0.3) is 11.0 Å². The van der Waals surface area contributed by atoms with E-state index in [2.05, 4.69) is 62.2 Å². The first-order valence-electron chi connectivity index (χ1n) is 11.5. The molecule has 0 unspecified atom stereocenters. The molecule has 1 atom stereocenters. The minimum atomic E-state index is 0.138. The molecule has 7 heteroatoms. The number of amides is 1. The summed E-state index contributed by atoms with van der Waals surface area (Å²) in [5.41, 5.74) is 4.55. The summed E-state index contributed by atoms with van der Waals surface area (Å²) in [5.74, 6) is 0.624. The van der Waals surface area contributed by atoms with Crippen LogP contribution in [0, 0.1) is 5.92 Å². The molecule has 3 heterocycles. The number of carbonyl (C=O) groups is 1. The van der Waals surface area contributed by atoms with E-state index in [1.807, 2.05) is 29.5 Å². The standard InChI is InChI=1S/C26H28N4OS2/c1-29(26(31)25-8-5-15-32-25)24(17-19-6-3-2-4-7-19)21-11-13-30(14-12-21)18-20-9-10-22-23(16-20)28-33-27-22/h2-10,15-16,21,24H,11-14,17-18H2,1H3/t24-/m0/s1. The maximum absolute atomic E-state index is 13.2. The molecule has 5 nitrogen and oxygen atoms in total. The van der Waals surface area contributed by atoms with Gasteiger partial charge >= 0.3 is 0 Å². The number of aromatic nitrogens is 2. The highest BCUT2D eigenvalue weighted by atomic mass is 32.1. The van der Waals surface area contributed by atoms with Crippen molar-refractivity contribution in [1.29, 1.82) is 0 Å². The Morgan fingerprint density at radius 2 is 1.82 bits per heavy atom. The number of piperidine rings is 1. The van der Waals surface area contributed by atoms with Crippen molar-refractivity contribution in [2.75, 3.05) is 20.1 Å². The summed E-state index contributed by atoms with van der Waals surface area (Å²) < 4.78 is 8.68. The third kappa shape index (κ3) is 5.16. The number of carbonyl (C=O) groups excluding carboxylic acids is 1. The Balaban J connectivity index is 1.27. The number of hydrogen-bond acceptors (Lipinski definition) is 6. The predicted octanol–water partition coefficient (Wildman–Crippen LogP) is 5.35. The molecule has 1 aliphatic heterocycles. The molecule has 0 spiro atoms. The minimum absolute atomic E-state index is 0.138. The van der Waals surface area contributed by atoms with Gasteiger partial charge in [-0.05, 0) is 73.0 Å². The third-order valence-corrected chi connectivity index (χ3v) is 8.15. The van der Waals surface area contributed by atoms with E-state index in [1.165, 1.54) is 34.2 Å². The van der Waals surface area contributed by atoms with Crippen LogP contribution in [0.4, 0.5) is 0 Å². The second-order valence-electron chi connectivity index (χ2n) is 8.85. The van der Waals surface area contributed by atoms with Crippen molar-refractivity contribution in [3.63, 3.8) is 0 Å². The summed E-state index contributed by atoms with van der Waals surface area (Å²) >= 11 is 2.80. The molecule has 1 saturated heterocycles. The molecule has 5 rings (SSSR count). The summed E-state index contributed by atoms with van der Waals surface area (Å²) in [7, 11) is 1.99. The van der Waals surface area contributed by atoms with Crippen LogP contribution in [0.15, 0.2) is 66.0 Å². The summed E-state index contributed by atoms with van der Waals surface area (Å²) in [5, 5.41) is 1.98. The minimum Gasteiger partial charge on any atom is -0.337 e. The second kappa shape index (κ2) is 10.1. The highest BCUT2D eigenvalue weighted by Crippen LogP contribution is 2.29. The van der Waals surface area contributed by atoms with Crippen LogP contribution >= 0.6 is 23.1 Å². The fourth-order valence-corrected chi connectivity index (χ4v) is 6.10. The Hall–Kier alpha value is -2.61. The van der Waals surface area contributed by atoms with Gasteiger partial charge in [-0.3, -0.25) is 9.69 Å². The van der Waals surface area contributed by atoms with E-state index in [4.69, 9.17) is 0 Å². The average Bonchev–Trinajstić information content (AvgIpc) is 3.55. The fourth-order valence-electron chi connectivity index (χ4n) is 4.88. The van der Waals surface area contributed by atoms with Gasteiger partial charge in [0.05, 0.1) is 16.6 Å². The summed E-state index contributed by atoms with van der Waals surface area (Å²) in [6, 6.07) is 21.1. The maximum atomic E-state index is 13.2. The zero-order chi connectivity index (χ0) is 22.6. The highest BCUT2D eigenvalue weighted by Gasteiger charge is 2.32. The quantitative estimate of drug-likeness (QED) is 0.361. The monoisotopic (exact) mass is 476 g/mol. The van der Waals surface area contributed by atoms with Crippen LogP contribution in [0.2, 0.25) is 0 Å². The zero-order valence-electron chi connectivity index (χ0n) is 18.8. The lowest BCUT2D eigenvalue weighted by atomic mass is 9.84. The molecule has 2 aromatic heterocycles. The van der Waals surface area contributed by atoms with Crippen molar-refractivity contribution >= 4 is 40.0 Å². The number of likely N-dealkylation sites (tertiary alicyclic amines) is 1. The van der Waals surface area contributed by atoms with Gasteiger partial charge in [0.25, 0.3) is 5.91 Å². The van der Waals surface area contributed by atoms with Gasteiger partial charge in [0.15, 0.2) is 0 Å². The summed E-state index contributed by atoms with van der Waals surface area (Å²) in [4.78, 5) is 18.5. The molecule has 0 aliphatic carbocycles. The van der Waals surface area contributed by atoms with Crippen molar-refractivity contribution in [2.24, 2.45) is 5.92 Å². The molecular formula is C26H28N4OS2. The Bertz CT molecular complexity index is 1180. The lowest BCUT2D eigenvalue weighted by Crippen LogP contribution is -2.47. The Labute approximate surface area is 203 Å². The highest BCUT2D eigenvalue weighted by molar-refractivity contribution is 7.12. The molecule has 0 radical (unpaired) electrons. The number of fused-ring (bicyclic) bond motifs is 1. The maximum Gasteiger partial charge on any atom is 0.263 e. The SMILES string of the molecule is CN(C(=O)c1cccs1)[C@@H](Cc1ccccc1)C1CCN(Cc2ccc3nsnc3c2)CC1. The number of rotatable bonds is 7. The molecule has 2 aromatic carbocycles. The van der Waals surface area contributed by atoms with E-state index in [0.717, 1.165) is 54.8 Å². The van der Waals surface area contributed by atoms with E-state index in [9.17, 15) is 4.79 Å². The smallest absolute Gasteiger partial charge is 0.263 e. The van der Waals surface area contributed by atoms with E-state index >= 15 is 0 Å². The topological polar surface area (TPSA) is 49.3 Å². The molecule has 0 N–H and O–H groups in total. The predicted molar refractivity (Wildman–Crippen MR) is 136 cm³/mol. The number of hydrogen-bond donors (Lipinski definition) is 0. The normalized spacial score (nSPS) is 16.2. The van der Waals surface area contributed by atoms with Crippen LogP contribution in [0.1, 0.15) is 33.6 Å². The average molecular weight is 477 g/mol. The zero-order valence-corrected chi connectivity index (χ0v) is 20.4. The fraction of sp³-hybridized carbons (Fsp3) is 0.346. The van der Waals surface area contributed by atoms with Gasteiger partial charge in [0, 0.05) is 19.6 Å². The molecule has 1 fully saturated rings. The van der Waals surface area contributed by atoms with Gasteiger partial charge in [-0.15, -0.1) is 11.3 Å². The second-order valence-corrected chi connectivity index (χ2v) is 10.3. The van der Waals surface area contributed by atoms with Gasteiger partial charge in [-0.2, -0.15) is 8.75 Å². The number of thiophene rings is 1. The van der Waals surface area contributed by atoms with Gasteiger partial charge in [0.1, 0.15) is 11.0 Å². The Kier molecular flexibility index (Phi) is 6.80. The van der Waals surface area contributed by atoms with Crippen LogP contribution in [0.3, 0.4) is 0 Å². The van der Waals surface area contributed by atoms with Crippen molar-refractivity contribution in [2.45, 2.75) is 31.8 Å². The lowest BCUT2D eigenvalue weighted by Gasteiger charge is -2.40. The van der Waals surface area contributed by atoms with Crippen LogP contribution < -0.4 is 0 Å². The molecule has 4 aromatic rings. The summed E-state index contributed by atoms with van der Waals surface area (Å²) in [6.07, 6.45) is 3.09. The van der Waals surface area contributed by atoms with Crippen molar-refractivity contribution in [3.8, 4) is 0 Å². The first-order valence-corrected chi connectivity index (χ1v) is 13.1. The molecule has 33 heavy (non-hydrogen) atoms. The van der Waals surface area contributed by atoms with Crippen LogP contribution in [0.5, 0.6) is 0 Å². The Morgan fingerprint density at radius 3 is 2.58 bits per heavy atom. The number of benzene rings is 2. The molecule has 1 amide bonds. The van der Waals surface area contributed by atoms with Gasteiger partial charge in [-0.25, -0.2) is 0 Å². The van der Waals surface area contributed by atoms with Crippen LogP contribution in [-0.2, 0) is 13.0 Å². The molecular weight excluding hydrogens is 448 g/mol. The Morgan fingerprint density at radius 1 is 1.03 bits per heavy atom. The largest absolute Gasteiger partial charge is 0.337 e. The first-order chi connectivity index (χ1) is 16.2. The number of likely N-dealkylation sites (N-methyl/N-ethyl adjacent to an activating group) is 1. The van der Waals surface area contributed by atoms with Gasteiger partial charge in [-0.1, -0.05) is 42.5 Å². The van der Waals surface area contributed by atoms with Gasteiger partial charge in [0.2, 0.25) is 0 Å².